The molecule has 0 saturated carbocycles. The molecule has 0 radical (unpaired) electrons. The molecule has 1 nitrogen and oxygen atoms in total. The van der Waals surface area contributed by atoms with Gasteiger partial charge in [-0.2, -0.15) is 8.78 Å². The summed E-state index contributed by atoms with van der Waals surface area (Å²) in [7, 11) is 0. The van der Waals surface area contributed by atoms with E-state index in [1.165, 1.54) is 0 Å². The molecule has 1 fully saturated rings. The lowest BCUT2D eigenvalue weighted by Gasteiger charge is -2.31. The highest BCUT2D eigenvalue weighted by atomic mass is 19.3. The summed E-state index contributed by atoms with van der Waals surface area (Å²) in [5.41, 5.74) is -0.864. The van der Waals surface area contributed by atoms with Crippen LogP contribution >= 0.6 is 0 Å². The van der Waals surface area contributed by atoms with E-state index in [-0.39, 0.29) is 6.42 Å². The Labute approximate surface area is 96.8 Å². The van der Waals surface area contributed by atoms with Crippen LogP contribution in [0.5, 0.6) is 0 Å². The Kier molecular flexibility index (Phi) is 3.38. The Morgan fingerprint density at radius 2 is 1.94 bits per heavy atom. The van der Waals surface area contributed by atoms with Crippen LogP contribution in [-0.4, -0.2) is 12.6 Å². The van der Waals surface area contributed by atoms with E-state index in [0.29, 0.717) is 19.0 Å². The summed E-state index contributed by atoms with van der Waals surface area (Å²) in [6.45, 7) is 0.483. The summed E-state index contributed by atoms with van der Waals surface area (Å²) in [5.74, 6) is -5.30. The molecule has 1 atom stereocenters. The van der Waals surface area contributed by atoms with E-state index in [0.717, 1.165) is 18.6 Å². The second-order valence-corrected chi connectivity index (χ2v) is 4.25. The van der Waals surface area contributed by atoms with Gasteiger partial charge in [0.25, 0.3) is 5.92 Å². The second kappa shape index (κ2) is 4.64. The highest BCUT2D eigenvalue weighted by molar-refractivity contribution is 5.25. The van der Waals surface area contributed by atoms with Crippen LogP contribution in [-0.2, 0) is 5.92 Å². The number of hydrogen-bond donors (Lipinski definition) is 1. The molecule has 0 aromatic heterocycles. The number of hydrogen-bond acceptors (Lipinski definition) is 1. The predicted molar refractivity (Wildman–Crippen MR) is 55.9 cm³/mol. The number of rotatable bonds is 2. The Balaban J connectivity index is 2.32. The van der Waals surface area contributed by atoms with Crippen LogP contribution in [0, 0.1) is 11.6 Å². The topological polar surface area (TPSA) is 12.0 Å². The molecule has 1 aromatic rings. The van der Waals surface area contributed by atoms with Gasteiger partial charge in [-0.15, -0.1) is 0 Å². The minimum absolute atomic E-state index is 0.267. The lowest BCUT2D eigenvalue weighted by Crippen LogP contribution is -2.46. The van der Waals surface area contributed by atoms with Crippen LogP contribution in [0.15, 0.2) is 18.2 Å². The van der Waals surface area contributed by atoms with E-state index in [2.05, 4.69) is 5.32 Å². The number of nitrogens with one attached hydrogen (secondary N) is 1. The number of piperidine rings is 1. The van der Waals surface area contributed by atoms with E-state index in [9.17, 15) is 17.6 Å². The van der Waals surface area contributed by atoms with E-state index >= 15 is 0 Å². The van der Waals surface area contributed by atoms with Crippen LogP contribution in [0.3, 0.4) is 0 Å². The van der Waals surface area contributed by atoms with Crippen molar-refractivity contribution in [3.05, 3.63) is 35.4 Å². The van der Waals surface area contributed by atoms with Gasteiger partial charge in [0.1, 0.15) is 11.6 Å². The fourth-order valence-electron chi connectivity index (χ4n) is 2.10. The molecule has 1 aliphatic heterocycles. The Bertz CT molecular complexity index is 399. The molecule has 0 amide bonds. The zero-order chi connectivity index (χ0) is 12.5. The van der Waals surface area contributed by atoms with Crippen molar-refractivity contribution >= 4 is 0 Å². The maximum Gasteiger partial charge on any atom is 0.291 e. The fraction of sp³-hybridized carbons (Fsp3) is 0.500. The zero-order valence-electron chi connectivity index (χ0n) is 9.15. The van der Waals surface area contributed by atoms with Crippen molar-refractivity contribution in [3.63, 3.8) is 0 Å². The summed E-state index contributed by atoms with van der Waals surface area (Å²) in [6.07, 6.45) is 1.77. The van der Waals surface area contributed by atoms with Gasteiger partial charge < -0.3 is 5.32 Å². The van der Waals surface area contributed by atoms with E-state index in [1.807, 2.05) is 0 Å². The van der Waals surface area contributed by atoms with Crippen LogP contribution in [0.2, 0.25) is 0 Å². The Hall–Kier alpha value is -1.10. The van der Waals surface area contributed by atoms with Crippen LogP contribution < -0.4 is 5.32 Å². The monoisotopic (exact) mass is 247 g/mol. The third kappa shape index (κ3) is 2.44. The molecule has 2 rings (SSSR count). The number of alkyl halides is 2. The average molecular weight is 247 g/mol. The molecule has 1 unspecified atom stereocenters. The van der Waals surface area contributed by atoms with E-state index in [1.54, 1.807) is 0 Å². The molecule has 94 valence electrons. The molecule has 1 aromatic carbocycles. The molecular weight excluding hydrogens is 234 g/mol. The first kappa shape index (κ1) is 12.4. The quantitative estimate of drug-likeness (QED) is 0.791. The first-order valence-corrected chi connectivity index (χ1v) is 5.58. The predicted octanol–water partition coefficient (Wildman–Crippen LogP) is 3.20. The van der Waals surface area contributed by atoms with Crippen LogP contribution in [0.4, 0.5) is 17.6 Å². The number of benzene rings is 1. The molecule has 5 heteroatoms. The molecule has 0 aliphatic carbocycles. The molecule has 1 saturated heterocycles. The third-order valence-corrected chi connectivity index (χ3v) is 3.04. The summed E-state index contributed by atoms with van der Waals surface area (Å²) >= 11 is 0. The first-order valence-electron chi connectivity index (χ1n) is 5.58. The molecular formula is C12H13F4N. The van der Waals surface area contributed by atoms with Gasteiger partial charge in [0, 0.05) is 0 Å². The zero-order valence-corrected chi connectivity index (χ0v) is 9.15. The second-order valence-electron chi connectivity index (χ2n) is 4.25. The Morgan fingerprint density at radius 1 is 1.18 bits per heavy atom. The molecule has 17 heavy (non-hydrogen) atoms. The SMILES string of the molecule is Fc1ccc(F)c(C(F)(F)C2CCCCN2)c1. The standard InChI is InChI=1S/C12H13F4N/c13-8-4-5-10(14)9(7-8)12(15,16)11-3-1-2-6-17-11/h4-5,7,11,17H,1-3,6H2. The van der Waals surface area contributed by atoms with Crippen molar-refractivity contribution in [1.82, 2.24) is 5.32 Å². The molecule has 1 aliphatic rings. The van der Waals surface area contributed by atoms with Crippen LogP contribution in [0.25, 0.3) is 0 Å². The van der Waals surface area contributed by atoms with Gasteiger partial charge in [-0.3, -0.25) is 0 Å². The van der Waals surface area contributed by atoms with Gasteiger partial charge >= 0.3 is 0 Å². The fourth-order valence-corrected chi connectivity index (χ4v) is 2.10. The molecule has 1 heterocycles. The average Bonchev–Trinajstić information content (AvgIpc) is 2.33. The largest absolute Gasteiger partial charge is 0.308 e. The third-order valence-electron chi connectivity index (χ3n) is 3.04. The van der Waals surface area contributed by atoms with Crippen molar-refractivity contribution in [2.45, 2.75) is 31.2 Å². The molecule has 0 bridgehead atoms. The van der Waals surface area contributed by atoms with Gasteiger partial charge in [0.05, 0.1) is 11.6 Å². The molecule has 1 N–H and O–H groups in total. The highest BCUT2D eigenvalue weighted by Crippen LogP contribution is 2.36. The van der Waals surface area contributed by atoms with Crippen molar-refractivity contribution < 1.29 is 17.6 Å². The summed E-state index contributed by atoms with van der Waals surface area (Å²) in [5, 5.41) is 2.67. The van der Waals surface area contributed by atoms with Gasteiger partial charge in [-0.05, 0) is 37.6 Å². The van der Waals surface area contributed by atoms with Gasteiger partial charge in [0.15, 0.2) is 0 Å². The Morgan fingerprint density at radius 3 is 2.59 bits per heavy atom. The minimum Gasteiger partial charge on any atom is -0.308 e. The number of halogens is 4. The van der Waals surface area contributed by atoms with Crippen molar-refractivity contribution in [2.75, 3.05) is 6.54 Å². The maximum absolute atomic E-state index is 14.0. The van der Waals surface area contributed by atoms with Crippen LogP contribution in [0.1, 0.15) is 24.8 Å². The minimum atomic E-state index is -3.38. The van der Waals surface area contributed by atoms with Crippen molar-refractivity contribution in [3.8, 4) is 0 Å². The lowest BCUT2D eigenvalue weighted by atomic mass is 9.93. The highest BCUT2D eigenvalue weighted by Gasteiger charge is 2.43. The van der Waals surface area contributed by atoms with Gasteiger partial charge in [0.2, 0.25) is 0 Å². The van der Waals surface area contributed by atoms with E-state index in [4.69, 9.17) is 0 Å². The summed E-state index contributed by atoms with van der Waals surface area (Å²) in [6, 6.07) is 1.03. The molecule has 0 spiro atoms. The van der Waals surface area contributed by atoms with Gasteiger partial charge in [-0.25, -0.2) is 8.78 Å². The summed E-state index contributed by atoms with van der Waals surface area (Å²) < 4.78 is 54.3. The summed E-state index contributed by atoms with van der Waals surface area (Å²) in [4.78, 5) is 0. The lowest BCUT2D eigenvalue weighted by molar-refractivity contribution is -0.0543. The normalized spacial score (nSPS) is 21.5. The van der Waals surface area contributed by atoms with Crippen molar-refractivity contribution in [1.29, 1.82) is 0 Å². The van der Waals surface area contributed by atoms with E-state index < -0.39 is 29.2 Å². The maximum atomic E-state index is 14.0. The smallest absolute Gasteiger partial charge is 0.291 e. The van der Waals surface area contributed by atoms with Crippen molar-refractivity contribution in [2.24, 2.45) is 0 Å². The first-order chi connectivity index (χ1) is 8.01. The van der Waals surface area contributed by atoms with Gasteiger partial charge in [-0.1, -0.05) is 6.42 Å².